The second-order valence-electron chi connectivity index (χ2n) is 4.16. The lowest BCUT2D eigenvalue weighted by molar-refractivity contribution is -0.137. The summed E-state index contributed by atoms with van der Waals surface area (Å²) in [5, 5.41) is 14.1. The average molecular weight is 276 g/mol. The number of urea groups is 1. The Morgan fingerprint density at radius 3 is 2.56 bits per heavy atom. The predicted octanol–water partition coefficient (Wildman–Crippen LogP) is 2.07. The molecule has 0 aromatic heterocycles. The van der Waals surface area contributed by atoms with Crippen LogP contribution in [-0.4, -0.2) is 41.7 Å². The zero-order valence-corrected chi connectivity index (χ0v) is 12.0. The van der Waals surface area contributed by atoms with E-state index in [4.69, 9.17) is 5.11 Å². The van der Waals surface area contributed by atoms with E-state index in [1.165, 1.54) is 6.42 Å². The van der Waals surface area contributed by atoms with E-state index < -0.39 is 5.97 Å². The maximum absolute atomic E-state index is 11.5. The monoisotopic (exact) mass is 276 g/mol. The molecule has 0 aliphatic rings. The molecule has 0 aliphatic heterocycles. The topological polar surface area (TPSA) is 78.4 Å². The van der Waals surface area contributed by atoms with Crippen molar-refractivity contribution in [3.63, 3.8) is 0 Å². The van der Waals surface area contributed by atoms with Gasteiger partial charge in [-0.25, -0.2) is 4.79 Å². The highest BCUT2D eigenvalue weighted by molar-refractivity contribution is 7.98. The number of rotatable bonds is 10. The van der Waals surface area contributed by atoms with E-state index in [2.05, 4.69) is 16.9 Å². The molecule has 2 amide bonds. The smallest absolute Gasteiger partial charge is 0.315 e. The maximum Gasteiger partial charge on any atom is 0.315 e. The van der Waals surface area contributed by atoms with E-state index in [1.54, 1.807) is 0 Å². The van der Waals surface area contributed by atoms with Crippen LogP contribution in [0.1, 0.15) is 39.0 Å². The third-order valence-corrected chi connectivity index (χ3v) is 3.26. The van der Waals surface area contributed by atoms with Gasteiger partial charge in [-0.1, -0.05) is 13.3 Å². The zero-order valence-electron chi connectivity index (χ0n) is 11.2. The van der Waals surface area contributed by atoms with Crippen LogP contribution in [0.25, 0.3) is 0 Å². The minimum absolute atomic E-state index is 0.0301. The van der Waals surface area contributed by atoms with Crippen LogP contribution in [0.15, 0.2) is 0 Å². The van der Waals surface area contributed by atoms with Crippen molar-refractivity contribution in [3.05, 3.63) is 0 Å². The highest BCUT2D eigenvalue weighted by Crippen LogP contribution is 2.01. The summed E-state index contributed by atoms with van der Waals surface area (Å²) >= 11 is 1.83. The van der Waals surface area contributed by atoms with Crippen molar-refractivity contribution in [2.24, 2.45) is 0 Å². The van der Waals surface area contributed by atoms with Gasteiger partial charge in [-0.3, -0.25) is 4.79 Å². The minimum Gasteiger partial charge on any atom is -0.481 e. The predicted molar refractivity (Wildman–Crippen MR) is 75.1 cm³/mol. The maximum atomic E-state index is 11.5. The van der Waals surface area contributed by atoms with Gasteiger partial charge in [0.05, 0.1) is 6.42 Å². The van der Waals surface area contributed by atoms with E-state index in [0.717, 1.165) is 18.6 Å². The Morgan fingerprint density at radius 1 is 1.28 bits per heavy atom. The quantitative estimate of drug-likeness (QED) is 0.534. The standard InChI is InChI=1S/C12H24N2O3S/c1-3-10(9-11(15)16)14-12(17)13-7-5-4-6-8-18-2/h10H,3-9H2,1-2H3,(H,15,16)(H2,13,14,17). The molecule has 0 aliphatic carbocycles. The summed E-state index contributed by atoms with van der Waals surface area (Å²) in [6.07, 6.45) is 5.91. The second-order valence-corrected chi connectivity index (χ2v) is 5.14. The van der Waals surface area contributed by atoms with Gasteiger partial charge in [-0.15, -0.1) is 0 Å². The lowest BCUT2D eigenvalue weighted by Crippen LogP contribution is -2.43. The number of aliphatic carboxylic acids is 1. The van der Waals surface area contributed by atoms with Gasteiger partial charge < -0.3 is 15.7 Å². The van der Waals surface area contributed by atoms with Gasteiger partial charge in [-0.2, -0.15) is 11.8 Å². The van der Waals surface area contributed by atoms with Gasteiger partial charge in [0, 0.05) is 12.6 Å². The Balaban J connectivity index is 3.59. The molecule has 0 rings (SSSR count). The van der Waals surface area contributed by atoms with E-state index in [9.17, 15) is 9.59 Å². The molecule has 0 aromatic carbocycles. The molecule has 106 valence electrons. The Hall–Kier alpha value is -0.910. The fourth-order valence-corrected chi connectivity index (χ4v) is 1.99. The van der Waals surface area contributed by atoms with Crippen LogP contribution in [0, 0.1) is 0 Å². The molecule has 0 saturated carbocycles. The van der Waals surface area contributed by atoms with Gasteiger partial charge in [-0.05, 0) is 31.3 Å². The lowest BCUT2D eigenvalue weighted by atomic mass is 10.1. The van der Waals surface area contributed by atoms with Gasteiger partial charge in [0.25, 0.3) is 0 Å². The minimum atomic E-state index is -0.890. The van der Waals surface area contributed by atoms with E-state index in [-0.39, 0.29) is 18.5 Å². The fourth-order valence-electron chi connectivity index (χ4n) is 1.49. The molecule has 18 heavy (non-hydrogen) atoms. The Morgan fingerprint density at radius 2 is 2.00 bits per heavy atom. The molecule has 5 nitrogen and oxygen atoms in total. The van der Waals surface area contributed by atoms with E-state index >= 15 is 0 Å². The van der Waals surface area contributed by atoms with Crippen molar-refractivity contribution in [2.75, 3.05) is 18.6 Å². The van der Waals surface area contributed by atoms with Crippen LogP contribution in [0.5, 0.6) is 0 Å². The summed E-state index contributed by atoms with van der Waals surface area (Å²) in [7, 11) is 0. The van der Waals surface area contributed by atoms with Gasteiger partial charge in [0.15, 0.2) is 0 Å². The van der Waals surface area contributed by atoms with E-state index in [0.29, 0.717) is 13.0 Å². The van der Waals surface area contributed by atoms with Crippen molar-refractivity contribution in [2.45, 2.75) is 45.1 Å². The molecule has 1 atom stereocenters. The highest BCUT2D eigenvalue weighted by Gasteiger charge is 2.13. The fraction of sp³-hybridized carbons (Fsp3) is 0.833. The number of nitrogens with one attached hydrogen (secondary N) is 2. The summed E-state index contributed by atoms with van der Waals surface area (Å²) in [5.41, 5.74) is 0. The average Bonchev–Trinajstić information content (AvgIpc) is 2.32. The third kappa shape index (κ3) is 10.3. The molecule has 0 fully saturated rings. The summed E-state index contributed by atoms with van der Waals surface area (Å²) in [4.78, 5) is 22.0. The first-order valence-electron chi connectivity index (χ1n) is 6.35. The van der Waals surface area contributed by atoms with Crippen molar-refractivity contribution >= 4 is 23.8 Å². The second kappa shape index (κ2) is 11.2. The van der Waals surface area contributed by atoms with Crippen molar-refractivity contribution < 1.29 is 14.7 Å². The van der Waals surface area contributed by atoms with Crippen molar-refractivity contribution in [1.82, 2.24) is 10.6 Å². The van der Waals surface area contributed by atoms with Crippen LogP contribution in [0.2, 0.25) is 0 Å². The van der Waals surface area contributed by atoms with Crippen LogP contribution in [0.3, 0.4) is 0 Å². The van der Waals surface area contributed by atoms with E-state index in [1.807, 2.05) is 18.7 Å². The molecular formula is C12H24N2O3S. The molecule has 0 radical (unpaired) electrons. The molecule has 0 saturated heterocycles. The number of carbonyl (C=O) groups excluding carboxylic acids is 1. The number of thioether (sulfide) groups is 1. The first-order valence-corrected chi connectivity index (χ1v) is 7.74. The number of hydrogen-bond donors (Lipinski definition) is 3. The van der Waals surface area contributed by atoms with Crippen LogP contribution >= 0.6 is 11.8 Å². The number of amides is 2. The Labute approximate surface area is 113 Å². The Bertz CT molecular complexity index is 249. The summed E-state index contributed by atoms with van der Waals surface area (Å²) < 4.78 is 0. The first-order chi connectivity index (χ1) is 8.60. The molecule has 6 heteroatoms. The zero-order chi connectivity index (χ0) is 13.8. The molecule has 1 unspecified atom stereocenters. The molecular weight excluding hydrogens is 252 g/mol. The summed E-state index contributed by atoms with van der Waals surface area (Å²) in [5.74, 6) is 0.266. The van der Waals surface area contributed by atoms with Crippen molar-refractivity contribution in [3.8, 4) is 0 Å². The lowest BCUT2D eigenvalue weighted by Gasteiger charge is -2.15. The molecule has 0 spiro atoms. The number of carbonyl (C=O) groups is 2. The molecule has 0 bridgehead atoms. The number of unbranched alkanes of at least 4 members (excludes halogenated alkanes) is 2. The van der Waals surface area contributed by atoms with Gasteiger partial charge >= 0.3 is 12.0 Å². The van der Waals surface area contributed by atoms with Gasteiger partial charge in [0.1, 0.15) is 0 Å². The first kappa shape index (κ1) is 17.1. The molecule has 0 aromatic rings. The highest BCUT2D eigenvalue weighted by atomic mass is 32.2. The largest absolute Gasteiger partial charge is 0.481 e. The summed E-state index contributed by atoms with van der Waals surface area (Å²) in [6, 6.07) is -0.563. The van der Waals surface area contributed by atoms with Crippen LogP contribution < -0.4 is 10.6 Å². The number of carboxylic acids is 1. The SMILES string of the molecule is CCC(CC(=O)O)NC(=O)NCCCCCSC. The number of carboxylic acid groups (broad SMARTS) is 1. The number of hydrogen-bond acceptors (Lipinski definition) is 3. The van der Waals surface area contributed by atoms with Gasteiger partial charge in [0.2, 0.25) is 0 Å². The third-order valence-electron chi connectivity index (χ3n) is 2.56. The Kier molecular flexibility index (Phi) is 10.6. The molecule has 0 heterocycles. The van der Waals surface area contributed by atoms with Crippen LogP contribution in [0.4, 0.5) is 4.79 Å². The van der Waals surface area contributed by atoms with Crippen molar-refractivity contribution in [1.29, 1.82) is 0 Å². The normalized spacial score (nSPS) is 11.9. The summed E-state index contributed by atoms with van der Waals surface area (Å²) in [6.45, 7) is 2.50. The van der Waals surface area contributed by atoms with Crippen LogP contribution in [-0.2, 0) is 4.79 Å². The molecule has 3 N–H and O–H groups in total.